The van der Waals surface area contributed by atoms with Crippen LogP contribution in [0.1, 0.15) is 47.0 Å². The summed E-state index contributed by atoms with van der Waals surface area (Å²) >= 11 is 0. The van der Waals surface area contributed by atoms with Crippen LogP contribution in [0.15, 0.2) is 11.1 Å². The Kier molecular flexibility index (Phi) is 3.90. The third-order valence-electron chi connectivity index (χ3n) is 8.34. The standard InChI is InChI=1S/C20H30O7/c1-9-5-6-20(26)16(24)14-18(4,10(21)7-11-19(14,25)8-27-11)15(23)13(22)12(9)17(20,2)3/h10-11,13-14,16,21-22,24-26H,5-8H2,1-4H3/t10-,11+,13+,14-,16-,18+,19-,20+/m0/s1. The number of hydrogen-bond donors (Lipinski definition) is 5. The molecule has 0 aromatic rings. The third kappa shape index (κ3) is 2.00. The lowest BCUT2D eigenvalue weighted by Crippen LogP contribution is -2.80. The number of aliphatic hydroxyl groups is 5. The van der Waals surface area contributed by atoms with Crippen molar-refractivity contribution in [3.63, 3.8) is 0 Å². The van der Waals surface area contributed by atoms with E-state index in [1.165, 1.54) is 6.92 Å². The first-order valence-electron chi connectivity index (χ1n) is 9.68. The molecule has 2 saturated carbocycles. The fraction of sp³-hybridized carbons (Fsp3) is 0.850. The maximum atomic E-state index is 13.5. The van der Waals surface area contributed by atoms with Crippen molar-refractivity contribution in [2.24, 2.45) is 16.7 Å². The Morgan fingerprint density at radius 3 is 2.30 bits per heavy atom. The van der Waals surface area contributed by atoms with Crippen LogP contribution in [0, 0.1) is 16.7 Å². The quantitative estimate of drug-likeness (QED) is 0.363. The molecule has 152 valence electrons. The Balaban J connectivity index is 1.99. The summed E-state index contributed by atoms with van der Waals surface area (Å²) in [5.74, 6) is -1.77. The molecule has 0 spiro atoms. The molecule has 0 radical (unpaired) electrons. The summed E-state index contributed by atoms with van der Waals surface area (Å²) in [7, 11) is 0. The fourth-order valence-corrected chi connectivity index (χ4v) is 6.41. The summed E-state index contributed by atoms with van der Waals surface area (Å²) in [5, 5.41) is 56.3. The van der Waals surface area contributed by atoms with Crippen LogP contribution >= 0.6 is 0 Å². The second-order valence-corrected chi connectivity index (χ2v) is 9.76. The Hall–Kier alpha value is -0.830. The second-order valence-electron chi connectivity index (χ2n) is 9.76. The summed E-state index contributed by atoms with van der Waals surface area (Å²) in [6, 6.07) is 0. The van der Waals surface area contributed by atoms with Crippen molar-refractivity contribution in [2.45, 2.75) is 82.6 Å². The summed E-state index contributed by atoms with van der Waals surface area (Å²) in [4.78, 5) is 13.5. The van der Waals surface area contributed by atoms with Gasteiger partial charge < -0.3 is 30.3 Å². The van der Waals surface area contributed by atoms with E-state index in [2.05, 4.69) is 0 Å². The van der Waals surface area contributed by atoms with Crippen LogP contribution in [-0.2, 0) is 9.53 Å². The van der Waals surface area contributed by atoms with Gasteiger partial charge in [-0.05, 0) is 32.3 Å². The molecule has 3 fully saturated rings. The molecule has 4 rings (SSSR count). The molecule has 1 saturated heterocycles. The minimum Gasteiger partial charge on any atom is -0.392 e. The van der Waals surface area contributed by atoms with Gasteiger partial charge in [-0.3, -0.25) is 4.79 Å². The molecule has 7 heteroatoms. The van der Waals surface area contributed by atoms with Crippen molar-refractivity contribution >= 4 is 5.78 Å². The summed E-state index contributed by atoms with van der Waals surface area (Å²) in [6.07, 6.45) is -4.20. The number of ether oxygens (including phenoxy) is 1. The average Bonchev–Trinajstić information content (AvgIpc) is 2.58. The van der Waals surface area contributed by atoms with E-state index in [4.69, 9.17) is 4.74 Å². The normalized spacial score (nSPS) is 54.4. The van der Waals surface area contributed by atoms with Crippen molar-refractivity contribution in [2.75, 3.05) is 6.61 Å². The number of hydrogen-bond acceptors (Lipinski definition) is 7. The van der Waals surface area contributed by atoms with Gasteiger partial charge in [0.05, 0.1) is 30.3 Å². The van der Waals surface area contributed by atoms with Crippen molar-refractivity contribution in [3.8, 4) is 0 Å². The lowest BCUT2D eigenvalue weighted by molar-refractivity contribution is -0.343. The van der Waals surface area contributed by atoms with Crippen LogP contribution in [0.2, 0.25) is 0 Å². The van der Waals surface area contributed by atoms with Gasteiger partial charge in [-0.15, -0.1) is 0 Å². The Labute approximate surface area is 158 Å². The number of Topliss-reactive ketones (excluding diaryl/α,β-unsaturated/α-hetero) is 1. The minimum atomic E-state index is -1.66. The van der Waals surface area contributed by atoms with Gasteiger partial charge in [0, 0.05) is 17.8 Å². The van der Waals surface area contributed by atoms with Gasteiger partial charge in [0.1, 0.15) is 17.3 Å². The van der Waals surface area contributed by atoms with E-state index in [-0.39, 0.29) is 19.4 Å². The fourth-order valence-electron chi connectivity index (χ4n) is 6.41. The molecule has 27 heavy (non-hydrogen) atoms. The van der Waals surface area contributed by atoms with Gasteiger partial charge in [0.2, 0.25) is 0 Å². The molecule has 2 bridgehead atoms. The molecule has 3 aliphatic carbocycles. The highest BCUT2D eigenvalue weighted by atomic mass is 16.6. The smallest absolute Gasteiger partial charge is 0.174 e. The highest BCUT2D eigenvalue weighted by Gasteiger charge is 2.74. The first kappa shape index (κ1) is 19.5. The minimum absolute atomic E-state index is 0.0362. The first-order valence-corrected chi connectivity index (χ1v) is 9.68. The van der Waals surface area contributed by atoms with E-state index in [1.807, 2.05) is 6.92 Å². The molecule has 0 aromatic carbocycles. The predicted molar refractivity (Wildman–Crippen MR) is 94.6 cm³/mol. The maximum absolute atomic E-state index is 13.5. The van der Waals surface area contributed by atoms with Gasteiger partial charge >= 0.3 is 0 Å². The van der Waals surface area contributed by atoms with E-state index >= 15 is 0 Å². The first-order chi connectivity index (χ1) is 12.3. The number of carbonyl (C=O) groups is 1. The van der Waals surface area contributed by atoms with Gasteiger partial charge in [0.25, 0.3) is 0 Å². The van der Waals surface area contributed by atoms with Crippen LogP contribution in [0.5, 0.6) is 0 Å². The molecule has 0 unspecified atom stereocenters. The number of carbonyl (C=O) groups excluding carboxylic acids is 1. The maximum Gasteiger partial charge on any atom is 0.174 e. The van der Waals surface area contributed by atoms with E-state index < -0.39 is 58.1 Å². The van der Waals surface area contributed by atoms with E-state index in [9.17, 15) is 30.3 Å². The topological polar surface area (TPSA) is 127 Å². The monoisotopic (exact) mass is 382 g/mol. The Morgan fingerprint density at radius 2 is 1.74 bits per heavy atom. The SMILES string of the molecule is CC1=C2[C@@H](O)C(=O)[C@@]3(C)[C@H]([C@H](O)[C@](O)(CC1)C2(C)C)[C@]1(O)CO[C@@H]1C[C@@H]3O. The zero-order chi connectivity index (χ0) is 20.2. The molecule has 4 aliphatic rings. The van der Waals surface area contributed by atoms with Crippen molar-refractivity contribution in [3.05, 3.63) is 11.1 Å². The lowest BCUT2D eigenvalue weighted by Gasteiger charge is -2.66. The van der Waals surface area contributed by atoms with Crippen molar-refractivity contribution < 1.29 is 35.1 Å². The molecule has 0 amide bonds. The van der Waals surface area contributed by atoms with E-state index in [1.54, 1.807) is 13.8 Å². The highest BCUT2D eigenvalue weighted by molar-refractivity contribution is 5.93. The van der Waals surface area contributed by atoms with E-state index in [0.29, 0.717) is 12.0 Å². The van der Waals surface area contributed by atoms with Crippen molar-refractivity contribution in [1.29, 1.82) is 0 Å². The van der Waals surface area contributed by atoms with Gasteiger partial charge in [-0.25, -0.2) is 0 Å². The third-order valence-corrected chi connectivity index (χ3v) is 8.34. The molecule has 8 atom stereocenters. The zero-order valence-electron chi connectivity index (χ0n) is 16.3. The second kappa shape index (κ2) is 5.40. The average molecular weight is 382 g/mol. The van der Waals surface area contributed by atoms with Crippen LogP contribution in [0.4, 0.5) is 0 Å². The zero-order valence-corrected chi connectivity index (χ0v) is 16.3. The summed E-state index contributed by atoms with van der Waals surface area (Å²) < 4.78 is 5.40. The lowest BCUT2D eigenvalue weighted by atomic mass is 9.45. The molecule has 0 aromatic heterocycles. The number of fused-ring (bicyclic) bond motifs is 5. The summed E-state index contributed by atoms with van der Waals surface area (Å²) in [5.41, 5.74) is -4.67. The molecule has 1 heterocycles. The molecule has 1 aliphatic heterocycles. The number of rotatable bonds is 0. The molecule has 5 N–H and O–H groups in total. The van der Waals surface area contributed by atoms with Gasteiger partial charge in [0.15, 0.2) is 5.78 Å². The van der Waals surface area contributed by atoms with E-state index in [0.717, 1.165) is 5.57 Å². The van der Waals surface area contributed by atoms with Gasteiger partial charge in [-0.1, -0.05) is 19.4 Å². The largest absolute Gasteiger partial charge is 0.392 e. The van der Waals surface area contributed by atoms with Crippen LogP contribution in [0.3, 0.4) is 0 Å². The Morgan fingerprint density at radius 1 is 1.11 bits per heavy atom. The number of ketones is 1. The molecule has 7 nitrogen and oxygen atoms in total. The number of allylic oxidation sites excluding steroid dienone is 1. The van der Waals surface area contributed by atoms with Crippen LogP contribution in [-0.4, -0.2) is 73.5 Å². The predicted octanol–water partition coefficient (Wildman–Crippen LogP) is -0.325. The van der Waals surface area contributed by atoms with Crippen LogP contribution < -0.4 is 0 Å². The van der Waals surface area contributed by atoms with Crippen molar-refractivity contribution in [1.82, 2.24) is 0 Å². The Bertz CT molecular complexity index is 730. The highest BCUT2D eigenvalue weighted by Crippen LogP contribution is 2.62. The summed E-state index contributed by atoms with van der Waals surface area (Å²) in [6.45, 7) is 6.65. The number of aliphatic hydroxyl groups excluding tert-OH is 3. The molecular weight excluding hydrogens is 352 g/mol. The van der Waals surface area contributed by atoms with Crippen LogP contribution in [0.25, 0.3) is 0 Å². The van der Waals surface area contributed by atoms with Gasteiger partial charge in [-0.2, -0.15) is 0 Å². The molecular formula is C20H30O7.